The van der Waals surface area contributed by atoms with E-state index in [1.165, 1.54) is 25.9 Å². The van der Waals surface area contributed by atoms with Crippen molar-refractivity contribution in [2.24, 2.45) is 5.92 Å². The molecule has 0 saturated carbocycles. The summed E-state index contributed by atoms with van der Waals surface area (Å²) in [5.74, 6) is 1.63. The summed E-state index contributed by atoms with van der Waals surface area (Å²) in [5.41, 5.74) is 1.74. The number of carbonyl (C=O) groups excluding carboxylic acids is 1. The number of rotatable bonds is 4. The van der Waals surface area contributed by atoms with Gasteiger partial charge >= 0.3 is 6.09 Å². The predicted molar refractivity (Wildman–Crippen MR) is 109 cm³/mol. The third kappa shape index (κ3) is 5.68. The average Bonchev–Trinajstić information content (AvgIpc) is 2.60. The Morgan fingerprint density at radius 1 is 1.26 bits per heavy atom. The molecule has 0 N–H and O–H groups in total. The third-order valence-electron chi connectivity index (χ3n) is 5.36. The van der Waals surface area contributed by atoms with Gasteiger partial charge in [0.25, 0.3) is 0 Å². The number of aromatic nitrogens is 1. The van der Waals surface area contributed by atoms with Crippen LogP contribution in [0.3, 0.4) is 0 Å². The first-order valence-electron chi connectivity index (χ1n) is 10.5. The largest absolute Gasteiger partial charge is 0.443 e. The van der Waals surface area contributed by atoms with E-state index in [4.69, 9.17) is 9.72 Å². The molecule has 27 heavy (non-hydrogen) atoms. The van der Waals surface area contributed by atoms with Crippen LogP contribution in [0.1, 0.15) is 64.6 Å². The van der Waals surface area contributed by atoms with Crippen LogP contribution in [-0.4, -0.2) is 47.8 Å². The van der Waals surface area contributed by atoms with E-state index in [0.717, 1.165) is 55.2 Å². The molecule has 1 aromatic rings. The highest BCUT2D eigenvalue weighted by atomic mass is 16.6. The fourth-order valence-electron chi connectivity index (χ4n) is 4.09. The number of likely N-dealkylation sites (tertiary alicyclic amines) is 1. The fraction of sp³-hybridized carbons (Fsp3) is 0.727. The van der Waals surface area contributed by atoms with Crippen molar-refractivity contribution in [3.8, 4) is 0 Å². The quantitative estimate of drug-likeness (QED) is 0.783. The van der Waals surface area contributed by atoms with E-state index in [1.807, 2.05) is 20.8 Å². The zero-order chi connectivity index (χ0) is 19.4. The van der Waals surface area contributed by atoms with E-state index >= 15 is 0 Å². The van der Waals surface area contributed by atoms with Crippen molar-refractivity contribution in [2.75, 3.05) is 31.1 Å². The van der Waals surface area contributed by atoms with E-state index < -0.39 is 5.60 Å². The maximum Gasteiger partial charge on any atom is 0.416 e. The van der Waals surface area contributed by atoms with Gasteiger partial charge in [-0.3, -0.25) is 4.90 Å². The molecule has 150 valence electrons. The fourth-order valence-corrected chi connectivity index (χ4v) is 4.09. The lowest BCUT2D eigenvalue weighted by molar-refractivity contribution is 0.0576. The molecule has 1 unspecified atom stereocenters. The standard InChI is InChI=1S/C22H35N3O2/c1-17-8-5-13-24(16-17)14-7-10-19-12-11-18-9-6-15-25(20(18)23-19)21(26)27-22(2,3)4/h11-12,17H,5-10,13-16H2,1-4H3. The number of hydrogen-bond acceptors (Lipinski definition) is 4. The SMILES string of the molecule is CC1CCCN(CCCc2ccc3c(n2)N(C(=O)OC(C)(C)C)CCC3)C1. The summed E-state index contributed by atoms with van der Waals surface area (Å²) in [6.07, 6.45) is 6.42. The normalized spacial score (nSPS) is 21.0. The summed E-state index contributed by atoms with van der Waals surface area (Å²) in [6, 6.07) is 4.29. The smallest absolute Gasteiger partial charge is 0.416 e. The zero-order valence-corrected chi connectivity index (χ0v) is 17.5. The highest BCUT2D eigenvalue weighted by molar-refractivity contribution is 5.88. The van der Waals surface area contributed by atoms with Crippen LogP contribution >= 0.6 is 0 Å². The molecule has 3 heterocycles. The van der Waals surface area contributed by atoms with E-state index in [0.29, 0.717) is 6.54 Å². The number of carbonyl (C=O) groups is 1. The van der Waals surface area contributed by atoms with Crippen LogP contribution in [0.5, 0.6) is 0 Å². The number of aryl methyl sites for hydroxylation is 2. The Kier molecular flexibility index (Phi) is 6.40. The second kappa shape index (κ2) is 8.59. The number of piperidine rings is 1. The molecule has 0 bridgehead atoms. The summed E-state index contributed by atoms with van der Waals surface area (Å²) < 4.78 is 5.58. The number of anilines is 1. The van der Waals surface area contributed by atoms with Gasteiger partial charge in [-0.1, -0.05) is 13.0 Å². The maximum atomic E-state index is 12.6. The highest BCUT2D eigenvalue weighted by Crippen LogP contribution is 2.27. The Balaban J connectivity index is 1.62. The molecule has 0 aromatic carbocycles. The Morgan fingerprint density at radius 3 is 2.81 bits per heavy atom. The van der Waals surface area contributed by atoms with Crippen LogP contribution in [0.15, 0.2) is 12.1 Å². The van der Waals surface area contributed by atoms with Gasteiger partial charge in [-0.25, -0.2) is 9.78 Å². The first kappa shape index (κ1) is 20.1. The highest BCUT2D eigenvalue weighted by Gasteiger charge is 2.28. The van der Waals surface area contributed by atoms with Crippen molar-refractivity contribution >= 4 is 11.9 Å². The topological polar surface area (TPSA) is 45.7 Å². The molecule has 2 aliphatic rings. The Hall–Kier alpha value is -1.62. The molecule has 0 aliphatic carbocycles. The van der Waals surface area contributed by atoms with Crippen molar-refractivity contribution in [1.29, 1.82) is 0 Å². The van der Waals surface area contributed by atoms with Gasteiger partial charge in [0.2, 0.25) is 0 Å². The van der Waals surface area contributed by atoms with Crippen LogP contribution in [-0.2, 0) is 17.6 Å². The number of ether oxygens (including phenoxy) is 1. The molecular weight excluding hydrogens is 338 g/mol. The third-order valence-corrected chi connectivity index (χ3v) is 5.36. The molecule has 0 radical (unpaired) electrons. The second-order valence-corrected chi connectivity index (χ2v) is 9.17. The minimum absolute atomic E-state index is 0.282. The average molecular weight is 374 g/mol. The Bertz CT molecular complexity index is 653. The molecule has 1 saturated heterocycles. The van der Waals surface area contributed by atoms with Crippen LogP contribution in [0.4, 0.5) is 10.6 Å². The van der Waals surface area contributed by atoms with Crippen LogP contribution in [0.2, 0.25) is 0 Å². The molecule has 0 spiro atoms. The monoisotopic (exact) mass is 373 g/mol. The molecular formula is C22H35N3O2. The lowest BCUT2D eigenvalue weighted by atomic mass is 10.00. The van der Waals surface area contributed by atoms with Crippen LogP contribution in [0.25, 0.3) is 0 Å². The molecule has 5 heteroatoms. The van der Waals surface area contributed by atoms with Gasteiger partial charge in [0.05, 0.1) is 0 Å². The number of nitrogens with zero attached hydrogens (tertiary/aromatic N) is 3. The van der Waals surface area contributed by atoms with Gasteiger partial charge in [-0.15, -0.1) is 0 Å². The number of fused-ring (bicyclic) bond motifs is 1. The minimum Gasteiger partial charge on any atom is -0.443 e. The van der Waals surface area contributed by atoms with Gasteiger partial charge in [0, 0.05) is 18.8 Å². The number of amides is 1. The van der Waals surface area contributed by atoms with Gasteiger partial charge in [-0.2, -0.15) is 0 Å². The maximum absolute atomic E-state index is 12.6. The summed E-state index contributed by atoms with van der Waals surface area (Å²) in [6.45, 7) is 12.3. The van der Waals surface area contributed by atoms with Gasteiger partial charge in [0.15, 0.2) is 0 Å². The lowest BCUT2D eigenvalue weighted by Gasteiger charge is -2.31. The first-order valence-corrected chi connectivity index (χ1v) is 10.5. The van der Waals surface area contributed by atoms with E-state index in [-0.39, 0.29) is 6.09 Å². The van der Waals surface area contributed by atoms with Crippen molar-refractivity contribution in [3.63, 3.8) is 0 Å². The lowest BCUT2D eigenvalue weighted by Crippen LogP contribution is -2.40. The Morgan fingerprint density at radius 2 is 2.07 bits per heavy atom. The molecule has 1 amide bonds. The molecule has 1 aromatic heterocycles. The minimum atomic E-state index is -0.488. The van der Waals surface area contributed by atoms with E-state index in [1.54, 1.807) is 4.90 Å². The molecule has 3 rings (SSSR count). The molecule has 1 fully saturated rings. The summed E-state index contributed by atoms with van der Waals surface area (Å²) >= 11 is 0. The molecule has 2 aliphatic heterocycles. The Labute approximate surface area is 164 Å². The molecule has 5 nitrogen and oxygen atoms in total. The number of pyridine rings is 1. The first-order chi connectivity index (χ1) is 12.8. The van der Waals surface area contributed by atoms with E-state index in [9.17, 15) is 4.79 Å². The zero-order valence-electron chi connectivity index (χ0n) is 17.5. The predicted octanol–water partition coefficient (Wildman–Crippen LogP) is 4.43. The van der Waals surface area contributed by atoms with Gasteiger partial charge in [-0.05, 0) is 89.9 Å². The van der Waals surface area contributed by atoms with Crippen molar-refractivity contribution in [3.05, 3.63) is 23.4 Å². The summed E-state index contributed by atoms with van der Waals surface area (Å²) in [7, 11) is 0. The van der Waals surface area contributed by atoms with Gasteiger partial charge < -0.3 is 9.64 Å². The van der Waals surface area contributed by atoms with Gasteiger partial charge in [0.1, 0.15) is 11.4 Å². The van der Waals surface area contributed by atoms with Crippen molar-refractivity contribution in [1.82, 2.24) is 9.88 Å². The summed E-state index contributed by atoms with van der Waals surface area (Å²) in [4.78, 5) is 21.8. The number of hydrogen-bond donors (Lipinski definition) is 0. The van der Waals surface area contributed by atoms with Crippen molar-refractivity contribution < 1.29 is 9.53 Å². The van der Waals surface area contributed by atoms with Crippen LogP contribution in [0, 0.1) is 5.92 Å². The van der Waals surface area contributed by atoms with E-state index in [2.05, 4.69) is 24.0 Å². The summed E-state index contributed by atoms with van der Waals surface area (Å²) in [5, 5.41) is 0. The molecule has 1 atom stereocenters. The van der Waals surface area contributed by atoms with Crippen LogP contribution < -0.4 is 4.90 Å². The second-order valence-electron chi connectivity index (χ2n) is 9.17. The van der Waals surface area contributed by atoms with Crippen molar-refractivity contribution in [2.45, 2.75) is 71.8 Å².